The van der Waals surface area contributed by atoms with Crippen molar-refractivity contribution in [3.8, 4) is 11.4 Å². The summed E-state index contributed by atoms with van der Waals surface area (Å²) in [7, 11) is 1.55. The minimum absolute atomic E-state index is 0.207. The van der Waals surface area contributed by atoms with Gasteiger partial charge in [-0.3, -0.25) is 9.59 Å². The van der Waals surface area contributed by atoms with Crippen molar-refractivity contribution in [2.45, 2.75) is 18.6 Å². The first-order chi connectivity index (χ1) is 11.6. The van der Waals surface area contributed by atoms with Crippen LogP contribution in [0.5, 0.6) is 0 Å². The normalized spacial score (nSPS) is 20.1. The van der Waals surface area contributed by atoms with Crippen LogP contribution in [0.2, 0.25) is 0 Å². The molecule has 2 N–H and O–H groups in total. The number of hydrogen-bond donors (Lipinski definition) is 1. The van der Waals surface area contributed by atoms with E-state index in [-0.39, 0.29) is 17.7 Å². The number of nitrogens with two attached hydrogens (primary N) is 1. The highest BCUT2D eigenvalue weighted by molar-refractivity contribution is 5.96. The van der Waals surface area contributed by atoms with Gasteiger partial charge < -0.3 is 15.4 Å². The second kappa shape index (κ2) is 6.76. The molecule has 0 unspecified atom stereocenters. The van der Waals surface area contributed by atoms with Crippen LogP contribution in [0.3, 0.4) is 0 Å². The van der Waals surface area contributed by atoms with Crippen molar-refractivity contribution < 1.29 is 14.3 Å². The lowest BCUT2D eigenvalue weighted by atomic mass is 10.2. The lowest BCUT2D eigenvalue weighted by Gasteiger charge is -2.21. The number of amides is 2. The zero-order chi connectivity index (χ0) is 17.1. The Morgan fingerprint density at radius 1 is 1.25 bits per heavy atom. The van der Waals surface area contributed by atoms with Gasteiger partial charge >= 0.3 is 0 Å². The highest BCUT2D eigenvalue weighted by atomic mass is 16.5. The van der Waals surface area contributed by atoms with Crippen LogP contribution < -0.4 is 5.73 Å². The van der Waals surface area contributed by atoms with E-state index in [1.165, 1.54) is 17.2 Å². The van der Waals surface area contributed by atoms with Gasteiger partial charge in [-0.05, 0) is 6.07 Å². The molecule has 2 heterocycles. The van der Waals surface area contributed by atoms with Crippen LogP contribution in [0.25, 0.3) is 11.4 Å². The first-order valence-electron chi connectivity index (χ1n) is 7.61. The first-order valence-corrected chi connectivity index (χ1v) is 7.61. The Kier molecular flexibility index (Phi) is 4.52. The summed E-state index contributed by atoms with van der Waals surface area (Å²) >= 11 is 0. The molecule has 1 aromatic heterocycles. The van der Waals surface area contributed by atoms with E-state index in [4.69, 9.17) is 10.5 Å². The van der Waals surface area contributed by atoms with Crippen LogP contribution >= 0.6 is 0 Å². The van der Waals surface area contributed by atoms with Gasteiger partial charge in [0, 0.05) is 31.8 Å². The lowest BCUT2D eigenvalue weighted by molar-refractivity contribution is -0.121. The SMILES string of the molecule is CO[C@H]1C[C@@H](C(N)=O)N(C(=O)c2ccnc(-c3ccccc3)n2)C1. The number of carbonyl (C=O) groups excluding carboxylic acids is 2. The molecule has 2 atom stereocenters. The summed E-state index contributed by atoms with van der Waals surface area (Å²) in [6.07, 6.45) is 1.72. The van der Waals surface area contributed by atoms with Crippen molar-refractivity contribution in [2.24, 2.45) is 5.73 Å². The maximum atomic E-state index is 12.8. The zero-order valence-electron chi connectivity index (χ0n) is 13.3. The van der Waals surface area contributed by atoms with E-state index in [0.717, 1.165) is 5.56 Å². The quantitative estimate of drug-likeness (QED) is 0.898. The number of likely N-dealkylation sites (tertiary alicyclic amines) is 1. The minimum Gasteiger partial charge on any atom is -0.380 e. The molecule has 1 fully saturated rings. The van der Waals surface area contributed by atoms with Gasteiger partial charge in [0.2, 0.25) is 5.91 Å². The van der Waals surface area contributed by atoms with Gasteiger partial charge in [0.05, 0.1) is 6.10 Å². The van der Waals surface area contributed by atoms with Gasteiger partial charge in [0.1, 0.15) is 11.7 Å². The van der Waals surface area contributed by atoms with Gasteiger partial charge in [-0.15, -0.1) is 0 Å². The Bertz CT molecular complexity index is 751. The maximum Gasteiger partial charge on any atom is 0.273 e. The summed E-state index contributed by atoms with van der Waals surface area (Å²) in [5.74, 6) is -0.433. The van der Waals surface area contributed by atoms with E-state index in [1.807, 2.05) is 30.3 Å². The summed E-state index contributed by atoms with van der Waals surface area (Å²) in [6, 6.07) is 10.2. The number of methoxy groups -OCH3 is 1. The molecule has 124 valence electrons. The Balaban J connectivity index is 1.88. The van der Waals surface area contributed by atoms with E-state index in [2.05, 4.69) is 9.97 Å². The summed E-state index contributed by atoms with van der Waals surface area (Å²) < 4.78 is 5.27. The topological polar surface area (TPSA) is 98.4 Å². The average molecular weight is 326 g/mol. The van der Waals surface area contributed by atoms with Crippen molar-refractivity contribution in [2.75, 3.05) is 13.7 Å². The molecule has 7 heteroatoms. The van der Waals surface area contributed by atoms with Gasteiger partial charge in [0.15, 0.2) is 5.82 Å². The predicted molar refractivity (Wildman–Crippen MR) is 86.9 cm³/mol. The standard InChI is InChI=1S/C17H18N4O3/c1-24-12-9-14(15(18)22)21(10-12)17(23)13-7-8-19-16(20-13)11-5-3-2-4-6-11/h2-8,12,14H,9-10H2,1H3,(H2,18,22)/t12-,14-/m0/s1. The highest BCUT2D eigenvalue weighted by Crippen LogP contribution is 2.22. The number of carbonyl (C=O) groups is 2. The summed E-state index contributed by atoms with van der Waals surface area (Å²) in [5, 5.41) is 0. The molecule has 0 bridgehead atoms. The van der Waals surface area contributed by atoms with Crippen LogP contribution in [0.15, 0.2) is 42.6 Å². The third-order valence-electron chi connectivity index (χ3n) is 4.09. The second-order valence-electron chi connectivity index (χ2n) is 5.60. The van der Waals surface area contributed by atoms with E-state index >= 15 is 0 Å². The average Bonchev–Trinajstić information content (AvgIpc) is 3.07. The summed E-state index contributed by atoms with van der Waals surface area (Å²) in [6.45, 7) is 0.313. The molecule has 0 spiro atoms. The number of primary amides is 1. The third kappa shape index (κ3) is 3.11. The van der Waals surface area contributed by atoms with Crippen molar-refractivity contribution in [1.29, 1.82) is 0 Å². The van der Waals surface area contributed by atoms with Crippen molar-refractivity contribution >= 4 is 11.8 Å². The summed E-state index contributed by atoms with van der Waals surface area (Å²) in [5.41, 5.74) is 6.46. The van der Waals surface area contributed by atoms with E-state index in [1.54, 1.807) is 7.11 Å². The fourth-order valence-corrected chi connectivity index (χ4v) is 2.81. The molecule has 2 aromatic rings. The molecule has 24 heavy (non-hydrogen) atoms. The zero-order valence-corrected chi connectivity index (χ0v) is 13.3. The number of aromatic nitrogens is 2. The molecule has 2 amide bonds. The van der Waals surface area contributed by atoms with Crippen molar-refractivity contribution in [1.82, 2.24) is 14.9 Å². The van der Waals surface area contributed by atoms with Crippen molar-refractivity contribution in [3.63, 3.8) is 0 Å². The van der Waals surface area contributed by atoms with Crippen molar-refractivity contribution in [3.05, 3.63) is 48.3 Å². The van der Waals surface area contributed by atoms with E-state index in [0.29, 0.717) is 18.8 Å². The largest absolute Gasteiger partial charge is 0.380 e. The van der Waals surface area contributed by atoms with Gasteiger partial charge in [-0.1, -0.05) is 30.3 Å². The molecule has 1 aromatic carbocycles. The molecular weight excluding hydrogens is 308 g/mol. The molecule has 1 aliphatic heterocycles. The van der Waals surface area contributed by atoms with Crippen LogP contribution in [0.1, 0.15) is 16.9 Å². The van der Waals surface area contributed by atoms with E-state index in [9.17, 15) is 9.59 Å². The molecular formula is C17H18N4O3. The molecule has 0 radical (unpaired) electrons. The maximum absolute atomic E-state index is 12.8. The molecule has 0 aliphatic carbocycles. The Morgan fingerprint density at radius 2 is 2.00 bits per heavy atom. The fourth-order valence-electron chi connectivity index (χ4n) is 2.81. The second-order valence-corrected chi connectivity index (χ2v) is 5.60. The van der Waals surface area contributed by atoms with Gasteiger partial charge in [-0.25, -0.2) is 9.97 Å². The van der Waals surface area contributed by atoms with Crippen LogP contribution in [-0.4, -0.2) is 52.5 Å². The smallest absolute Gasteiger partial charge is 0.273 e. The van der Waals surface area contributed by atoms with Gasteiger partial charge in [0.25, 0.3) is 5.91 Å². The molecule has 0 saturated carbocycles. The number of hydrogen-bond acceptors (Lipinski definition) is 5. The Labute approximate surface area is 139 Å². The molecule has 1 saturated heterocycles. The fraction of sp³-hybridized carbons (Fsp3) is 0.294. The van der Waals surface area contributed by atoms with E-state index < -0.39 is 11.9 Å². The van der Waals surface area contributed by atoms with Crippen LogP contribution in [0, 0.1) is 0 Å². The lowest BCUT2D eigenvalue weighted by Crippen LogP contribution is -2.44. The number of rotatable bonds is 4. The Morgan fingerprint density at radius 3 is 2.67 bits per heavy atom. The summed E-state index contributed by atoms with van der Waals surface area (Å²) in [4.78, 5) is 34.4. The number of ether oxygens (including phenoxy) is 1. The third-order valence-corrected chi connectivity index (χ3v) is 4.09. The number of nitrogens with zero attached hydrogens (tertiary/aromatic N) is 3. The first kappa shape index (κ1) is 16.1. The molecule has 7 nitrogen and oxygen atoms in total. The molecule has 1 aliphatic rings. The predicted octanol–water partition coefficient (Wildman–Crippen LogP) is 0.858. The molecule has 3 rings (SSSR count). The van der Waals surface area contributed by atoms with Gasteiger partial charge in [-0.2, -0.15) is 0 Å². The van der Waals surface area contributed by atoms with Crippen LogP contribution in [-0.2, 0) is 9.53 Å². The monoisotopic (exact) mass is 326 g/mol. The Hall–Kier alpha value is -2.80. The number of benzene rings is 1. The van der Waals surface area contributed by atoms with Crippen LogP contribution in [0.4, 0.5) is 0 Å². The minimum atomic E-state index is -0.683. The highest BCUT2D eigenvalue weighted by Gasteiger charge is 2.39.